The second kappa shape index (κ2) is 3.15. The maximum Gasteiger partial charge on any atom is 0.227 e. The summed E-state index contributed by atoms with van der Waals surface area (Å²) in [7, 11) is 2.06. The highest BCUT2D eigenvalue weighted by Crippen LogP contribution is 2.52. The van der Waals surface area contributed by atoms with E-state index in [2.05, 4.69) is 39.3 Å². The van der Waals surface area contributed by atoms with Crippen molar-refractivity contribution in [2.24, 2.45) is 12.8 Å². The number of fused-ring (bicyclic) bond motifs is 1. The lowest BCUT2D eigenvalue weighted by atomic mass is 9.79. The van der Waals surface area contributed by atoms with Crippen molar-refractivity contribution in [2.75, 3.05) is 0 Å². The summed E-state index contributed by atoms with van der Waals surface area (Å²) in [6.07, 6.45) is 0.808. The lowest BCUT2D eigenvalue weighted by Gasteiger charge is -2.26. The molecule has 0 aromatic carbocycles. The summed E-state index contributed by atoms with van der Waals surface area (Å²) < 4.78 is 2.17. The fourth-order valence-electron chi connectivity index (χ4n) is 3.72. The highest BCUT2D eigenvalue weighted by atomic mass is 16.1. The number of hydrogen-bond donors (Lipinski definition) is 1. The first-order chi connectivity index (χ1) is 7.63. The predicted octanol–water partition coefficient (Wildman–Crippen LogP) is 2.07. The molecule has 17 heavy (non-hydrogen) atoms. The molecule has 1 aliphatic rings. The SMILES string of the molecule is Cc1c2c(c(C)n1C)[C@@](C)(C(N)=O)CC2(C)C. The molecule has 3 heteroatoms. The minimum Gasteiger partial charge on any atom is -0.369 e. The van der Waals surface area contributed by atoms with E-state index in [1.807, 2.05) is 6.92 Å². The summed E-state index contributed by atoms with van der Waals surface area (Å²) in [5, 5.41) is 0. The summed E-state index contributed by atoms with van der Waals surface area (Å²) in [6, 6.07) is 0. The van der Waals surface area contributed by atoms with E-state index in [1.165, 1.54) is 17.0 Å². The fraction of sp³-hybridized carbons (Fsp3) is 0.643. The van der Waals surface area contributed by atoms with Crippen LogP contribution in [0.3, 0.4) is 0 Å². The molecule has 1 aliphatic carbocycles. The molecule has 1 heterocycles. The Balaban J connectivity index is 2.83. The van der Waals surface area contributed by atoms with Gasteiger partial charge in [0.25, 0.3) is 0 Å². The van der Waals surface area contributed by atoms with Crippen LogP contribution in [0.25, 0.3) is 0 Å². The van der Waals surface area contributed by atoms with Crippen LogP contribution < -0.4 is 5.73 Å². The molecule has 0 saturated carbocycles. The first kappa shape index (κ1) is 12.2. The van der Waals surface area contributed by atoms with Crippen LogP contribution in [0.15, 0.2) is 0 Å². The van der Waals surface area contributed by atoms with E-state index in [4.69, 9.17) is 5.73 Å². The van der Waals surface area contributed by atoms with Gasteiger partial charge < -0.3 is 10.3 Å². The highest BCUT2D eigenvalue weighted by molar-refractivity contribution is 5.89. The van der Waals surface area contributed by atoms with Crippen molar-refractivity contribution in [2.45, 2.75) is 51.9 Å². The molecule has 1 atom stereocenters. The lowest BCUT2D eigenvalue weighted by molar-refractivity contribution is -0.123. The van der Waals surface area contributed by atoms with Gasteiger partial charge in [0, 0.05) is 18.4 Å². The number of aromatic nitrogens is 1. The van der Waals surface area contributed by atoms with Crippen molar-refractivity contribution in [3.05, 3.63) is 22.5 Å². The van der Waals surface area contributed by atoms with Gasteiger partial charge in [-0.25, -0.2) is 0 Å². The number of amides is 1. The van der Waals surface area contributed by atoms with Gasteiger partial charge in [0.2, 0.25) is 5.91 Å². The van der Waals surface area contributed by atoms with E-state index in [-0.39, 0.29) is 11.3 Å². The normalized spacial score (nSPS) is 26.0. The van der Waals surface area contributed by atoms with E-state index in [9.17, 15) is 4.79 Å². The Labute approximate surface area is 103 Å². The van der Waals surface area contributed by atoms with Crippen LogP contribution in [-0.4, -0.2) is 10.5 Å². The van der Waals surface area contributed by atoms with Crippen LogP contribution in [0.5, 0.6) is 0 Å². The van der Waals surface area contributed by atoms with E-state index < -0.39 is 5.41 Å². The van der Waals surface area contributed by atoms with Crippen LogP contribution in [0.1, 0.15) is 49.7 Å². The molecule has 1 aromatic rings. The Morgan fingerprint density at radius 3 is 2.12 bits per heavy atom. The minimum absolute atomic E-state index is 0.0230. The summed E-state index contributed by atoms with van der Waals surface area (Å²) >= 11 is 0. The standard InChI is InChI=1S/C14H22N2O/c1-8-10-11(9(2)16(8)6)14(5,12(15)17)7-13(10,3)4/h7H2,1-6H3,(H2,15,17)/t14-/m0/s1. The number of carbonyl (C=O) groups is 1. The second-order valence-corrected chi connectivity index (χ2v) is 6.24. The quantitative estimate of drug-likeness (QED) is 0.794. The van der Waals surface area contributed by atoms with Crippen molar-refractivity contribution in [3.8, 4) is 0 Å². The van der Waals surface area contributed by atoms with Crippen LogP contribution in [0.2, 0.25) is 0 Å². The van der Waals surface area contributed by atoms with Gasteiger partial charge in [-0.1, -0.05) is 13.8 Å². The van der Waals surface area contributed by atoms with Gasteiger partial charge in [-0.3, -0.25) is 4.79 Å². The van der Waals surface area contributed by atoms with Crippen molar-refractivity contribution in [1.82, 2.24) is 4.57 Å². The Morgan fingerprint density at radius 2 is 1.65 bits per heavy atom. The number of nitrogens with two attached hydrogens (primary N) is 1. The van der Waals surface area contributed by atoms with E-state index in [0.717, 1.165) is 12.0 Å². The Morgan fingerprint density at radius 1 is 1.18 bits per heavy atom. The Hall–Kier alpha value is -1.25. The molecule has 2 N–H and O–H groups in total. The van der Waals surface area contributed by atoms with Crippen LogP contribution in [-0.2, 0) is 22.7 Å². The zero-order valence-electron chi connectivity index (χ0n) is 11.6. The van der Waals surface area contributed by atoms with Crippen molar-refractivity contribution >= 4 is 5.91 Å². The fourth-order valence-corrected chi connectivity index (χ4v) is 3.72. The molecule has 0 radical (unpaired) electrons. The van der Waals surface area contributed by atoms with E-state index >= 15 is 0 Å². The van der Waals surface area contributed by atoms with Gasteiger partial charge in [-0.2, -0.15) is 0 Å². The molecule has 94 valence electrons. The van der Waals surface area contributed by atoms with E-state index in [1.54, 1.807) is 0 Å². The largest absolute Gasteiger partial charge is 0.369 e. The second-order valence-electron chi connectivity index (χ2n) is 6.24. The third-order valence-corrected chi connectivity index (χ3v) is 4.55. The Bertz CT molecular complexity index is 511. The van der Waals surface area contributed by atoms with Crippen molar-refractivity contribution < 1.29 is 4.79 Å². The lowest BCUT2D eigenvalue weighted by Crippen LogP contribution is -2.38. The molecule has 0 spiro atoms. The number of primary amides is 1. The van der Waals surface area contributed by atoms with E-state index in [0.29, 0.717) is 0 Å². The van der Waals surface area contributed by atoms with Crippen LogP contribution in [0, 0.1) is 13.8 Å². The van der Waals surface area contributed by atoms with Crippen LogP contribution in [0.4, 0.5) is 0 Å². The van der Waals surface area contributed by atoms with Gasteiger partial charge in [-0.15, -0.1) is 0 Å². The molecule has 1 amide bonds. The maximum atomic E-state index is 11.9. The van der Waals surface area contributed by atoms with Crippen molar-refractivity contribution in [1.29, 1.82) is 0 Å². The molecular weight excluding hydrogens is 212 g/mol. The van der Waals surface area contributed by atoms with Crippen LogP contribution >= 0.6 is 0 Å². The predicted molar refractivity (Wildman–Crippen MR) is 69.1 cm³/mol. The van der Waals surface area contributed by atoms with Gasteiger partial charge in [0.15, 0.2) is 0 Å². The molecule has 0 aliphatic heterocycles. The molecule has 3 nitrogen and oxygen atoms in total. The summed E-state index contributed by atoms with van der Waals surface area (Å²) in [5.74, 6) is -0.210. The highest BCUT2D eigenvalue weighted by Gasteiger charge is 2.51. The summed E-state index contributed by atoms with van der Waals surface area (Å²) in [4.78, 5) is 11.9. The first-order valence-corrected chi connectivity index (χ1v) is 6.09. The average molecular weight is 234 g/mol. The molecular formula is C14H22N2O. The maximum absolute atomic E-state index is 11.9. The van der Waals surface area contributed by atoms with Crippen molar-refractivity contribution in [3.63, 3.8) is 0 Å². The zero-order chi connectivity index (χ0) is 13.2. The average Bonchev–Trinajstić information content (AvgIpc) is 2.55. The minimum atomic E-state index is -0.519. The molecule has 1 aromatic heterocycles. The van der Waals surface area contributed by atoms with Gasteiger partial charge in [0.05, 0.1) is 5.41 Å². The molecule has 0 unspecified atom stereocenters. The summed E-state index contributed by atoms with van der Waals surface area (Å²) in [6.45, 7) is 10.6. The summed E-state index contributed by atoms with van der Waals surface area (Å²) in [5.41, 5.74) is 10.1. The third-order valence-electron chi connectivity index (χ3n) is 4.55. The molecule has 0 fully saturated rings. The van der Waals surface area contributed by atoms with Gasteiger partial charge in [0.1, 0.15) is 0 Å². The van der Waals surface area contributed by atoms with Gasteiger partial charge in [-0.05, 0) is 43.7 Å². The number of rotatable bonds is 1. The zero-order valence-corrected chi connectivity index (χ0v) is 11.6. The van der Waals surface area contributed by atoms with Gasteiger partial charge >= 0.3 is 0 Å². The molecule has 0 saturated heterocycles. The number of nitrogens with zero attached hydrogens (tertiary/aromatic N) is 1. The molecule has 2 rings (SSSR count). The first-order valence-electron chi connectivity index (χ1n) is 6.09. The number of carbonyl (C=O) groups excluding carboxylic acids is 1. The number of hydrogen-bond acceptors (Lipinski definition) is 1. The smallest absolute Gasteiger partial charge is 0.227 e. The third kappa shape index (κ3) is 1.31. The topological polar surface area (TPSA) is 48.0 Å². The monoisotopic (exact) mass is 234 g/mol. The molecule has 0 bridgehead atoms. The Kier molecular flexibility index (Phi) is 2.26.